The summed E-state index contributed by atoms with van der Waals surface area (Å²) in [6.45, 7) is 3.04. The van der Waals surface area contributed by atoms with Crippen LogP contribution in [0.4, 0.5) is 0 Å². The van der Waals surface area contributed by atoms with Crippen LogP contribution in [0.5, 0.6) is 0 Å². The molecule has 9 heteroatoms. The lowest BCUT2D eigenvalue weighted by molar-refractivity contribution is 0.0526. The molecule has 3 aromatic rings. The van der Waals surface area contributed by atoms with Crippen molar-refractivity contribution in [3.05, 3.63) is 94.5 Å². The van der Waals surface area contributed by atoms with Crippen molar-refractivity contribution >= 4 is 39.8 Å². The van der Waals surface area contributed by atoms with Gasteiger partial charge in [0.1, 0.15) is 0 Å². The number of halogens is 2. The van der Waals surface area contributed by atoms with Crippen LogP contribution in [0.2, 0.25) is 5.02 Å². The molecule has 6 nitrogen and oxygen atoms in total. The number of ether oxygens (including phenoxy) is 1. The van der Waals surface area contributed by atoms with Gasteiger partial charge >= 0.3 is 5.97 Å². The van der Waals surface area contributed by atoms with Gasteiger partial charge in [-0.2, -0.15) is 0 Å². The Labute approximate surface area is 217 Å². The smallest absolute Gasteiger partial charge is 0.338 e. The predicted molar refractivity (Wildman–Crippen MR) is 139 cm³/mol. The Morgan fingerprint density at radius 1 is 1.03 bits per heavy atom. The molecule has 3 aromatic carbocycles. The second kappa shape index (κ2) is 13.6. The second-order valence-electron chi connectivity index (χ2n) is 7.77. The first-order valence-corrected chi connectivity index (χ1v) is 12.9. The lowest BCUT2D eigenvalue weighted by Crippen LogP contribution is -2.22. The highest BCUT2D eigenvalue weighted by molar-refractivity contribution is 7.91. The number of esters is 1. The molecule has 0 aliphatic rings. The highest BCUT2D eigenvalue weighted by Crippen LogP contribution is 2.23. The number of hydrogen-bond donors (Lipinski definition) is 2. The highest BCUT2D eigenvalue weighted by Gasteiger charge is 2.19. The van der Waals surface area contributed by atoms with E-state index < -0.39 is 21.9 Å². The Kier molecular flexibility index (Phi) is 11.2. The Bertz CT molecular complexity index is 1220. The maximum atomic E-state index is 13.0. The summed E-state index contributed by atoms with van der Waals surface area (Å²) < 4.78 is 30.9. The van der Waals surface area contributed by atoms with E-state index >= 15 is 0 Å². The molecule has 0 aromatic heterocycles. The van der Waals surface area contributed by atoms with E-state index in [1.165, 1.54) is 24.3 Å². The molecule has 0 aliphatic heterocycles. The van der Waals surface area contributed by atoms with Crippen molar-refractivity contribution < 1.29 is 23.1 Å². The van der Waals surface area contributed by atoms with Gasteiger partial charge in [-0.05, 0) is 79.9 Å². The number of hydrogen-bond acceptors (Lipinski definition) is 6. The first-order chi connectivity index (χ1) is 16.3. The van der Waals surface area contributed by atoms with Crippen LogP contribution in [0, 0.1) is 0 Å². The fraction of sp³-hybridized carbons (Fsp3) is 0.269. The highest BCUT2D eigenvalue weighted by atomic mass is 35.5. The summed E-state index contributed by atoms with van der Waals surface area (Å²) in [7, 11) is -3.75. The molecule has 0 spiro atoms. The van der Waals surface area contributed by atoms with Gasteiger partial charge in [-0.1, -0.05) is 41.9 Å². The Hall–Kier alpha value is -2.42. The van der Waals surface area contributed by atoms with E-state index in [4.69, 9.17) is 16.3 Å². The quantitative estimate of drug-likeness (QED) is 0.263. The summed E-state index contributed by atoms with van der Waals surface area (Å²) >= 11 is 5.96. The van der Waals surface area contributed by atoms with E-state index in [1.54, 1.807) is 43.3 Å². The fourth-order valence-corrected chi connectivity index (χ4v) is 4.97. The average molecular weight is 538 g/mol. The van der Waals surface area contributed by atoms with Crippen LogP contribution in [-0.2, 0) is 21.0 Å². The third kappa shape index (κ3) is 8.05. The van der Waals surface area contributed by atoms with Gasteiger partial charge in [0.25, 0.3) is 0 Å². The van der Waals surface area contributed by atoms with Gasteiger partial charge in [0.15, 0.2) is 0 Å². The zero-order valence-corrected chi connectivity index (χ0v) is 21.7. The molecule has 0 aliphatic carbocycles. The zero-order chi connectivity index (χ0) is 24.6. The minimum absolute atomic E-state index is 0. The van der Waals surface area contributed by atoms with E-state index in [2.05, 4.69) is 5.32 Å². The monoisotopic (exact) mass is 537 g/mol. The van der Waals surface area contributed by atoms with Crippen LogP contribution >= 0.6 is 24.0 Å². The number of carbonyl (C=O) groups excluding carboxylic acids is 1. The standard InChI is InChI=1S/C26H28ClNO5S.ClH/c1-2-33-26(30)21-8-4-10-24(17-21)34(31,32)23-13-11-19(12-14-23)6-5-15-28-18-25(29)20-7-3-9-22(27)16-20;/h3-4,7-14,16-17,25,28-29H,2,5-6,15,18H2,1H3;1H/t25-;/m1./s1. The van der Waals surface area contributed by atoms with Crippen LogP contribution in [-0.4, -0.2) is 39.2 Å². The summed E-state index contributed by atoms with van der Waals surface area (Å²) in [4.78, 5) is 12.1. The molecule has 188 valence electrons. The molecule has 0 amide bonds. The van der Waals surface area contributed by atoms with Crippen molar-refractivity contribution in [3.8, 4) is 0 Å². The molecule has 0 fully saturated rings. The molecule has 0 unspecified atom stereocenters. The topological polar surface area (TPSA) is 92.7 Å². The van der Waals surface area contributed by atoms with E-state index in [0.717, 1.165) is 24.0 Å². The lowest BCUT2D eigenvalue weighted by atomic mass is 10.1. The van der Waals surface area contributed by atoms with Crippen LogP contribution in [0.15, 0.2) is 82.6 Å². The number of aliphatic hydroxyl groups excluding tert-OH is 1. The van der Waals surface area contributed by atoms with Gasteiger partial charge in [0, 0.05) is 11.6 Å². The Balaban J connectivity index is 0.00000432. The van der Waals surface area contributed by atoms with Crippen molar-refractivity contribution in [2.24, 2.45) is 0 Å². The number of nitrogens with one attached hydrogen (secondary N) is 1. The molecular weight excluding hydrogens is 509 g/mol. The Morgan fingerprint density at radius 3 is 2.43 bits per heavy atom. The van der Waals surface area contributed by atoms with Gasteiger partial charge in [-0.3, -0.25) is 0 Å². The van der Waals surface area contributed by atoms with Crippen molar-refractivity contribution in [1.29, 1.82) is 0 Å². The minimum atomic E-state index is -3.75. The lowest BCUT2D eigenvalue weighted by Gasteiger charge is -2.12. The summed E-state index contributed by atoms with van der Waals surface area (Å²) in [5.74, 6) is -0.552. The zero-order valence-electron chi connectivity index (χ0n) is 19.3. The number of rotatable bonds is 11. The number of sulfone groups is 1. The molecular formula is C26H29Cl2NO5S. The molecule has 1 atom stereocenters. The number of benzene rings is 3. The van der Waals surface area contributed by atoms with E-state index in [9.17, 15) is 18.3 Å². The molecule has 0 saturated heterocycles. The molecule has 3 rings (SSSR count). The fourth-order valence-electron chi connectivity index (χ4n) is 3.46. The third-order valence-electron chi connectivity index (χ3n) is 5.28. The van der Waals surface area contributed by atoms with Crippen molar-refractivity contribution in [1.82, 2.24) is 5.32 Å². The molecule has 0 bridgehead atoms. The van der Waals surface area contributed by atoms with E-state index in [-0.39, 0.29) is 34.4 Å². The number of aliphatic hydroxyl groups is 1. The van der Waals surface area contributed by atoms with Crippen molar-refractivity contribution in [2.75, 3.05) is 19.7 Å². The largest absolute Gasteiger partial charge is 0.462 e. The number of aryl methyl sites for hydroxylation is 1. The Morgan fingerprint density at radius 2 is 1.74 bits per heavy atom. The van der Waals surface area contributed by atoms with Crippen molar-refractivity contribution in [2.45, 2.75) is 35.7 Å². The second-order valence-corrected chi connectivity index (χ2v) is 10.2. The maximum Gasteiger partial charge on any atom is 0.338 e. The predicted octanol–water partition coefficient (Wildman–Crippen LogP) is 5.03. The van der Waals surface area contributed by atoms with Crippen molar-refractivity contribution in [3.63, 3.8) is 0 Å². The SMILES string of the molecule is CCOC(=O)c1cccc(S(=O)(=O)c2ccc(CCCNC[C@@H](O)c3cccc(Cl)c3)cc2)c1.Cl. The van der Waals surface area contributed by atoms with Gasteiger partial charge in [-0.25, -0.2) is 13.2 Å². The van der Waals surface area contributed by atoms with E-state index in [0.29, 0.717) is 18.1 Å². The summed E-state index contributed by atoms with van der Waals surface area (Å²) in [6, 6.07) is 19.8. The van der Waals surface area contributed by atoms with Crippen LogP contribution in [0.3, 0.4) is 0 Å². The van der Waals surface area contributed by atoms with Gasteiger partial charge in [0.05, 0.1) is 28.1 Å². The summed E-state index contributed by atoms with van der Waals surface area (Å²) in [6.07, 6.45) is 0.958. The average Bonchev–Trinajstić information content (AvgIpc) is 2.84. The first-order valence-electron chi connectivity index (χ1n) is 11.1. The van der Waals surface area contributed by atoms with Crippen LogP contribution < -0.4 is 5.32 Å². The summed E-state index contributed by atoms with van der Waals surface area (Å²) in [5, 5.41) is 14.1. The van der Waals surface area contributed by atoms with Gasteiger partial charge < -0.3 is 15.2 Å². The number of carbonyl (C=O) groups is 1. The third-order valence-corrected chi connectivity index (χ3v) is 7.28. The molecule has 0 radical (unpaired) electrons. The molecule has 2 N–H and O–H groups in total. The molecule has 0 heterocycles. The molecule has 35 heavy (non-hydrogen) atoms. The molecule has 0 saturated carbocycles. The van der Waals surface area contributed by atoms with Crippen LogP contribution in [0.25, 0.3) is 0 Å². The van der Waals surface area contributed by atoms with E-state index in [1.807, 2.05) is 12.1 Å². The first kappa shape index (κ1) is 28.8. The summed E-state index contributed by atoms with van der Waals surface area (Å²) in [5.41, 5.74) is 1.98. The van der Waals surface area contributed by atoms with Crippen LogP contribution in [0.1, 0.15) is 40.9 Å². The normalized spacial score (nSPS) is 12.0. The van der Waals surface area contributed by atoms with Gasteiger partial charge in [-0.15, -0.1) is 12.4 Å². The maximum absolute atomic E-state index is 13.0. The van der Waals surface area contributed by atoms with Gasteiger partial charge in [0.2, 0.25) is 9.84 Å². The minimum Gasteiger partial charge on any atom is -0.462 e.